The van der Waals surface area contributed by atoms with E-state index in [0.717, 1.165) is 12.0 Å². The first-order valence-corrected chi connectivity index (χ1v) is 9.83. The van der Waals surface area contributed by atoms with Gasteiger partial charge in [0.1, 0.15) is 5.75 Å². The summed E-state index contributed by atoms with van der Waals surface area (Å²) < 4.78 is 33.2. The van der Waals surface area contributed by atoms with Gasteiger partial charge in [0, 0.05) is 11.6 Å². The molecule has 0 aromatic heterocycles. The summed E-state index contributed by atoms with van der Waals surface area (Å²) in [4.78, 5) is 12.3. The summed E-state index contributed by atoms with van der Waals surface area (Å²) in [6, 6.07) is 11.2. The smallest absolute Gasteiger partial charge is 0.262 e. The van der Waals surface area contributed by atoms with Gasteiger partial charge in [0.25, 0.3) is 15.9 Å². The van der Waals surface area contributed by atoms with Gasteiger partial charge in [0.05, 0.1) is 17.7 Å². The molecule has 0 aliphatic heterocycles. The number of carbonyl (C=O) groups excluding carboxylic acids is 1. The third kappa shape index (κ3) is 4.76. The summed E-state index contributed by atoms with van der Waals surface area (Å²) in [6.45, 7) is 5.71. The number of benzene rings is 2. The molecule has 0 heterocycles. The Kier molecular flexibility index (Phi) is 6.26. The fourth-order valence-corrected chi connectivity index (χ4v) is 3.43. The first-order valence-electron chi connectivity index (χ1n) is 8.35. The monoisotopic (exact) mass is 376 g/mol. The highest BCUT2D eigenvalue weighted by Gasteiger charge is 2.19. The second kappa shape index (κ2) is 8.23. The number of hydrogen-bond donors (Lipinski definition) is 2. The molecule has 2 N–H and O–H groups in total. The van der Waals surface area contributed by atoms with Gasteiger partial charge in [0.2, 0.25) is 0 Å². The maximum absolute atomic E-state index is 12.7. The molecule has 1 amide bonds. The summed E-state index contributed by atoms with van der Waals surface area (Å²) >= 11 is 0. The van der Waals surface area contributed by atoms with Crippen molar-refractivity contribution >= 4 is 21.6 Å². The Labute approximate surface area is 154 Å². The fraction of sp³-hybridized carbons (Fsp3) is 0.316. The molecule has 0 saturated carbocycles. The number of methoxy groups -OCH3 is 1. The maximum atomic E-state index is 12.7. The molecule has 140 valence electrons. The molecule has 0 fully saturated rings. The van der Waals surface area contributed by atoms with Crippen molar-refractivity contribution in [1.82, 2.24) is 5.32 Å². The first kappa shape index (κ1) is 19.8. The number of amides is 1. The van der Waals surface area contributed by atoms with Crippen molar-refractivity contribution in [2.45, 2.75) is 38.1 Å². The van der Waals surface area contributed by atoms with Crippen LogP contribution in [0, 0.1) is 6.92 Å². The highest BCUT2D eigenvalue weighted by molar-refractivity contribution is 7.92. The summed E-state index contributed by atoms with van der Waals surface area (Å²) in [6.07, 6.45) is 0.790. The van der Waals surface area contributed by atoms with Crippen LogP contribution in [-0.4, -0.2) is 27.5 Å². The molecule has 2 aromatic carbocycles. The molecular weight excluding hydrogens is 352 g/mol. The summed E-state index contributed by atoms with van der Waals surface area (Å²) in [5, 5.41) is 2.83. The lowest BCUT2D eigenvalue weighted by Gasteiger charge is -2.14. The number of ether oxygens (including phenoxy) is 1. The predicted octanol–water partition coefficient (Wildman–Crippen LogP) is 3.33. The van der Waals surface area contributed by atoms with Crippen molar-refractivity contribution < 1.29 is 17.9 Å². The van der Waals surface area contributed by atoms with Crippen LogP contribution in [0.25, 0.3) is 0 Å². The molecule has 26 heavy (non-hydrogen) atoms. The highest BCUT2D eigenvalue weighted by Crippen LogP contribution is 2.28. The van der Waals surface area contributed by atoms with Gasteiger partial charge >= 0.3 is 0 Å². The predicted molar refractivity (Wildman–Crippen MR) is 102 cm³/mol. The second-order valence-electron chi connectivity index (χ2n) is 6.12. The zero-order chi connectivity index (χ0) is 19.3. The van der Waals surface area contributed by atoms with E-state index in [1.165, 1.54) is 19.2 Å². The lowest BCUT2D eigenvalue weighted by atomic mass is 10.2. The Hall–Kier alpha value is -2.54. The molecule has 2 rings (SSSR count). The van der Waals surface area contributed by atoms with Crippen LogP contribution in [-0.2, 0) is 10.0 Å². The van der Waals surface area contributed by atoms with Crippen molar-refractivity contribution in [3.8, 4) is 5.75 Å². The van der Waals surface area contributed by atoms with Crippen LogP contribution in [0.2, 0.25) is 0 Å². The molecule has 6 nitrogen and oxygen atoms in total. The molecule has 7 heteroatoms. The molecule has 0 aliphatic carbocycles. The van der Waals surface area contributed by atoms with Crippen LogP contribution in [0.3, 0.4) is 0 Å². The zero-order valence-electron chi connectivity index (χ0n) is 15.4. The van der Waals surface area contributed by atoms with Gasteiger partial charge in [-0.25, -0.2) is 8.42 Å². The molecule has 0 radical (unpaired) electrons. The lowest BCUT2D eigenvalue weighted by molar-refractivity contribution is 0.0939. The van der Waals surface area contributed by atoms with E-state index in [4.69, 9.17) is 4.74 Å². The number of carbonyl (C=O) groups is 1. The van der Waals surface area contributed by atoms with Gasteiger partial charge in [-0.1, -0.05) is 19.1 Å². The first-order chi connectivity index (χ1) is 12.3. The highest BCUT2D eigenvalue weighted by atomic mass is 32.2. The van der Waals surface area contributed by atoms with E-state index in [1.807, 2.05) is 26.8 Å². The zero-order valence-corrected chi connectivity index (χ0v) is 16.2. The largest absolute Gasteiger partial charge is 0.495 e. The van der Waals surface area contributed by atoms with Crippen LogP contribution >= 0.6 is 0 Å². The minimum atomic E-state index is -3.86. The van der Waals surface area contributed by atoms with Gasteiger partial charge in [-0.15, -0.1) is 0 Å². The van der Waals surface area contributed by atoms with E-state index < -0.39 is 10.0 Å². The van der Waals surface area contributed by atoms with Crippen molar-refractivity contribution in [3.63, 3.8) is 0 Å². The third-order valence-electron chi connectivity index (χ3n) is 4.00. The number of aryl methyl sites for hydroxylation is 1. The van der Waals surface area contributed by atoms with Gasteiger partial charge in [0.15, 0.2) is 0 Å². The standard InChI is InChI=1S/C19H24N2O4S/c1-5-14(3)20-19(22)15-7-6-8-16(12-15)26(23,24)21-17-11-13(2)9-10-18(17)25-4/h6-12,14,21H,5H2,1-4H3,(H,20,22). The Morgan fingerprint density at radius 3 is 2.58 bits per heavy atom. The quantitative estimate of drug-likeness (QED) is 0.776. The minimum absolute atomic E-state index is 0.0115. The number of rotatable bonds is 7. The van der Waals surface area contributed by atoms with E-state index in [9.17, 15) is 13.2 Å². The van der Waals surface area contributed by atoms with Crippen molar-refractivity contribution in [3.05, 3.63) is 53.6 Å². The van der Waals surface area contributed by atoms with Crippen LogP contribution < -0.4 is 14.8 Å². The number of sulfonamides is 1. The number of nitrogens with one attached hydrogen (secondary N) is 2. The summed E-state index contributed by atoms with van der Waals surface area (Å²) in [5.74, 6) is 0.120. The van der Waals surface area contributed by atoms with Gasteiger partial charge in [-0.3, -0.25) is 9.52 Å². The molecule has 0 spiro atoms. The van der Waals surface area contributed by atoms with Crippen LogP contribution in [0.4, 0.5) is 5.69 Å². The van der Waals surface area contributed by atoms with E-state index in [2.05, 4.69) is 10.0 Å². The molecule has 1 atom stereocenters. The number of anilines is 1. The van der Waals surface area contributed by atoms with Crippen LogP contribution in [0.1, 0.15) is 36.2 Å². The molecule has 0 bridgehead atoms. The Morgan fingerprint density at radius 1 is 1.19 bits per heavy atom. The average molecular weight is 376 g/mol. The maximum Gasteiger partial charge on any atom is 0.262 e. The lowest BCUT2D eigenvalue weighted by Crippen LogP contribution is -2.32. The molecular formula is C19H24N2O4S. The van der Waals surface area contributed by atoms with Gasteiger partial charge < -0.3 is 10.1 Å². The van der Waals surface area contributed by atoms with E-state index >= 15 is 0 Å². The SMILES string of the molecule is CCC(C)NC(=O)c1cccc(S(=O)(=O)Nc2cc(C)ccc2OC)c1. The summed E-state index contributed by atoms with van der Waals surface area (Å²) in [7, 11) is -2.39. The average Bonchev–Trinajstić information content (AvgIpc) is 2.61. The van der Waals surface area contributed by atoms with Gasteiger partial charge in [-0.05, 0) is 56.2 Å². The normalized spacial score (nSPS) is 12.3. The van der Waals surface area contributed by atoms with Crippen molar-refractivity contribution in [2.75, 3.05) is 11.8 Å². The minimum Gasteiger partial charge on any atom is -0.495 e. The molecule has 0 saturated heterocycles. The Morgan fingerprint density at radius 2 is 1.92 bits per heavy atom. The fourth-order valence-electron chi connectivity index (χ4n) is 2.32. The van der Waals surface area contributed by atoms with E-state index in [0.29, 0.717) is 17.0 Å². The molecule has 1 unspecified atom stereocenters. The number of hydrogen-bond acceptors (Lipinski definition) is 4. The molecule has 2 aromatic rings. The summed E-state index contributed by atoms with van der Waals surface area (Å²) in [5.41, 5.74) is 1.54. The molecule has 0 aliphatic rings. The third-order valence-corrected chi connectivity index (χ3v) is 5.36. The van der Waals surface area contributed by atoms with E-state index in [1.54, 1.807) is 24.3 Å². The second-order valence-corrected chi connectivity index (χ2v) is 7.80. The van der Waals surface area contributed by atoms with Crippen molar-refractivity contribution in [1.29, 1.82) is 0 Å². The van der Waals surface area contributed by atoms with Crippen molar-refractivity contribution in [2.24, 2.45) is 0 Å². The topological polar surface area (TPSA) is 84.5 Å². The van der Waals surface area contributed by atoms with E-state index in [-0.39, 0.29) is 16.8 Å². The Bertz CT molecular complexity index is 894. The Balaban J connectivity index is 2.31. The van der Waals surface area contributed by atoms with Crippen LogP contribution in [0.15, 0.2) is 47.4 Å². The van der Waals surface area contributed by atoms with Crippen LogP contribution in [0.5, 0.6) is 5.75 Å². The van der Waals surface area contributed by atoms with Gasteiger partial charge in [-0.2, -0.15) is 0 Å².